The van der Waals surface area contributed by atoms with E-state index in [4.69, 9.17) is 4.74 Å². The van der Waals surface area contributed by atoms with Gasteiger partial charge in [0.25, 0.3) is 5.91 Å². The minimum Gasteiger partial charge on any atom is -0.495 e. The van der Waals surface area contributed by atoms with Crippen LogP contribution in [0.5, 0.6) is 5.75 Å². The lowest BCUT2D eigenvalue weighted by Crippen LogP contribution is -2.22. The summed E-state index contributed by atoms with van der Waals surface area (Å²) in [5, 5.41) is 9.71. The van der Waals surface area contributed by atoms with Gasteiger partial charge in [-0.05, 0) is 47.9 Å². The van der Waals surface area contributed by atoms with Crippen molar-refractivity contribution in [1.82, 2.24) is 14.5 Å². The predicted molar refractivity (Wildman–Crippen MR) is 120 cm³/mol. The summed E-state index contributed by atoms with van der Waals surface area (Å²) in [6.45, 7) is 4.21. The van der Waals surface area contributed by atoms with Crippen molar-refractivity contribution in [3.8, 4) is 17.0 Å². The number of nitrogens with one attached hydrogen (secondary N) is 2. The fourth-order valence-corrected chi connectivity index (χ4v) is 4.04. The fourth-order valence-electron chi connectivity index (χ4n) is 2.97. The van der Waals surface area contributed by atoms with Crippen LogP contribution >= 0.6 is 0 Å². The van der Waals surface area contributed by atoms with Gasteiger partial charge in [0, 0.05) is 25.3 Å². The fraction of sp³-hybridized carbons (Fsp3) is 0.273. The number of rotatable bonds is 7. The molecule has 164 valence electrons. The lowest BCUT2D eigenvalue weighted by Gasteiger charge is -2.15. The van der Waals surface area contributed by atoms with Gasteiger partial charge in [0.2, 0.25) is 10.0 Å². The smallest absolute Gasteiger partial charge is 0.273 e. The number of aromatic nitrogens is 2. The number of benzene rings is 2. The number of sulfonamides is 1. The van der Waals surface area contributed by atoms with Gasteiger partial charge >= 0.3 is 0 Å². The van der Waals surface area contributed by atoms with Gasteiger partial charge in [-0.1, -0.05) is 26.0 Å². The SMILES string of the molecule is COc1ccc(-c2cc(C(=O)Nc3ccc(C(C)C)cc3)[nH]n2)cc1S(=O)(=O)N(C)C. The van der Waals surface area contributed by atoms with Crippen LogP contribution in [-0.4, -0.2) is 50.0 Å². The van der Waals surface area contributed by atoms with Crippen LogP contribution in [-0.2, 0) is 10.0 Å². The molecule has 1 aromatic heterocycles. The van der Waals surface area contributed by atoms with Crippen LogP contribution in [0.4, 0.5) is 5.69 Å². The Kier molecular flexibility index (Phi) is 6.47. The van der Waals surface area contributed by atoms with Gasteiger partial charge in [-0.15, -0.1) is 0 Å². The summed E-state index contributed by atoms with van der Waals surface area (Å²) in [7, 11) is 0.593. The number of H-pyrrole nitrogens is 1. The molecular formula is C22H26N4O4S. The Balaban J connectivity index is 1.85. The van der Waals surface area contributed by atoms with E-state index in [1.54, 1.807) is 18.2 Å². The lowest BCUT2D eigenvalue weighted by atomic mass is 10.0. The Morgan fingerprint density at radius 2 is 1.77 bits per heavy atom. The largest absolute Gasteiger partial charge is 0.495 e. The molecule has 0 atom stereocenters. The van der Waals surface area contributed by atoms with Crippen molar-refractivity contribution in [1.29, 1.82) is 0 Å². The molecular weight excluding hydrogens is 416 g/mol. The third-order valence-electron chi connectivity index (χ3n) is 4.88. The molecule has 3 rings (SSSR count). The second-order valence-corrected chi connectivity index (χ2v) is 9.67. The Hall–Kier alpha value is -3.17. The van der Waals surface area contributed by atoms with Gasteiger partial charge in [0.1, 0.15) is 16.3 Å². The maximum atomic E-state index is 12.6. The molecule has 0 unspecified atom stereocenters. The number of amides is 1. The zero-order chi connectivity index (χ0) is 22.8. The minimum atomic E-state index is -3.72. The van der Waals surface area contributed by atoms with Crippen LogP contribution in [0.1, 0.15) is 35.8 Å². The highest BCUT2D eigenvalue weighted by Crippen LogP contribution is 2.31. The van der Waals surface area contributed by atoms with Crippen LogP contribution in [0.2, 0.25) is 0 Å². The molecule has 0 spiro atoms. The number of anilines is 1. The maximum Gasteiger partial charge on any atom is 0.273 e. The van der Waals surface area contributed by atoms with E-state index in [1.807, 2.05) is 24.3 Å². The number of aromatic amines is 1. The first-order valence-corrected chi connectivity index (χ1v) is 11.1. The highest BCUT2D eigenvalue weighted by atomic mass is 32.2. The Morgan fingerprint density at radius 3 is 2.35 bits per heavy atom. The highest BCUT2D eigenvalue weighted by Gasteiger charge is 2.23. The molecule has 0 radical (unpaired) electrons. The summed E-state index contributed by atoms with van der Waals surface area (Å²) in [5.41, 5.74) is 3.10. The molecule has 0 fully saturated rings. The summed E-state index contributed by atoms with van der Waals surface area (Å²) >= 11 is 0. The number of hydrogen-bond acceptors (Lipinski definition) is 5. The molecule has 0 saturated heterocycles. The highest BCUT2D eigenvalue weighted by molar-refractivity contribution is 7.89. The number of hydrogen-bond donors (Lipinski definition) is 2. The molecule has 0 saturated carbocycles. The summed E-state index contributed by atoms with van der Waals surface area (Å²) in [6, 6.07) is 14.0. The molecule has 31 heavy (non-hydrogen) atoms. The average Bonchev–Trinajstić information content (AvgIpc) is 3.24. The Bertz CT molecular complexity index is 1180. The van der Waals surface area contributed by atoms with Crippen molar-refractivity contribution in [2.75, 3.05) is 26.5 Å². The van der Waals surface area contributed by atoms with Gasteiger partial charge < -0.3 is 10.1 Å². The first-order chi connectivity index (χ1) is 14.6. The van der Waals surface area contributed by atoms with E-state index in [0.717, 1.165) is 4.31 Å². The number of carbonyl (C=O) groups excluding carboxylic acids is 1. The lowest BCUT2D eigenvalue weighted by molar-refractivity contribution is 0.102. The minimum absolute atomic E-state index is 0.0248. The van der Waals surface area contributed by atoms with E-state index >= 15 is 0 Å². The van der Waals surface area contributed by atoms with Crippen molar-refractivity contribution < 1.29 is 17.9 Å². The van der Waals surface area contributed by atoms with E-state index in [1.165, 1.54) is 32.8 Å². The monoisotopic (exact) mass is 442 g/mol. The van der Waals surface area contributed by atoms with Crippen LogP contribution < -0.4 is 10.1 Å². The normalized spacial score (nSPS) is 11.7. The second-order valence-electron chi connectivity index (χ2n) is 7.55. The molecule has 2 N–H and O–H groups in total. The number of ether oxygens (including phenoxy) is 1. The molecule has 9 heteroatoms. The van der Waals surface area contributed by atoms with Gasteiger partial charge in [0.05, 0.1) is 12.8 Å². The van der Waals surface area contributed by atoms with Gasteiger partial charge in [-0.3, -0.25) is 9.89 Å². The molecule has 0 aliphatic heterocycles. The van der Waals surface area contributed by atoms with Crippen molar-refractivity contribution >= 4 is 21.6 Å². The number of carbonyl (C=O) groups is 1. The Morgan fingerprint density at radius 1 is 1.10 bits per heavy atom. The van der Waals surface area contributed by atoms with Crippen molar-refractivity contribution in [2.45, 2.75) is 24.7 Å². The second kappa shape index (κ2) is 8.91. The molecule has 1 heterocycles. The van der Waals surface area contributed by atoms with Gasteiger partial charge in [-0.2, -0.15) is 5.10 Å². The summed E-state index contributed by atoms with van der Waals surface area (Å²) in [4.78, 5) is 12.6. The first-order valence-electron chi connectivity index (χ1n) is 9.71. The van der Waals surface area contributed by atoms with Crippen LogP contribution in [0.15, 0.2) is 53.4 Å². The van der Waals surface area contributed by atoms with E-state index in [9.17, 15) is 13.2 Å². The van der Waals surface area contributed by atoms with Crippen LogP contribution in [0, 0.1) is 0 Å². The van der Waals surface area contributed by atoms with E-state index in [-0.39, 0.29) is 22.2 Å². The van der Waals surface area contributed by atoms with Crippen LogP contribution in [0.3, 0.4) is 0 Å². The first kappa shape index (κ1) is 22.5. The molecule has 0 aliphatic carbocycles. The van der Waals surface area contributed by atoms with E-state index in [0.29, 0.717) is 22.9 Å². The summed E-state index contributed by atoms with van der Waals surface area (Å²) < 4.78 is 31.6. The molecule has 0 aliphatic rings. The molecule has 8 nitrogen and oxygen atoms in total. The number of nitrogens with zero attached hydrogens (tertiary/aromatic N) is 2. The molecule has 3 aromatic rings. The summed E-state index contributed by atoms with van der Waals surface area (Å²) in [5.74, 6) is 0.298. The third-order valence-corrected chi connectivity index (χ3v) is 6.71. The van der Waals surface area contributed by atoms with Gasteiger partial charge in [0.15, 0.2) is 0 Å². The standard InChI is InChI=1S/C22H26N4O4S/c1-14(2)15-6-9-17(10-7-15)23-22(27)19-13-18(24-25-19)16-8-11-20(30-5)21(12-16)31(28,29)26(3)4/h6-14H,1-5H3,(H,23,27)(H,24,25). The maximum absolute atomic E-state index is 12.6. The van der Waals surface area contributed by atoms with Crippen molar-refractivity contribution in [3.05, 3.63) is 59.8 Å². The molecule has 2 aromatic carbocycles. The summed E-state index contributed by atoms with van der Waals surface area (Å²) in [6.07, 6.45) is 0. The van der Waals surface area contributed by atoms with Gasteiger partial charge in [-0.25, -0.2) is 12.7 Å². The zero-order valence-electron chi connectivity index (χ0n) is 18.1. The molecule has 1 amide bonds. The quantitative estimate of drug-likeness (QED) is 0.580. The van der Waals surface area contributed by atoms with Crippen molar-refractivity contribution in [2.24, 2.45) is 0 Å². The average molecular weight is 443 g/mol. The third kappa shape index (κ3) is 4.78. The van der Waals surface area contributed by atoms with E-state index < -0.39 is 10.0 Å². The predicted octanol–water partition coefficient (Wildman–Crippen LogP) is 3.71. The Labute approximate surface area is 182 Å². The number of methoxy groups -OCH3 is 1. The van der Waals surface area contributed by atoms with Crippen molar-refractivity contribution in [3.63, 3.8) is 0 Å². The van der Waals surface area contributed by atoms with E-state index in [2.05, 4.69) is 29.4 Å². The van der Waals surface area contributed by atoms with Crippen LogP contribution in [0.25, 0.3) is 11.3 Å². The zero-order valence-corrected chi connectivity index (χ0v) is 18.9. The topological polar surface area (TPSA) is 104 Å². The molecule has 0 bridgehead atoms.